The molecular weight excluding hydrogens is 288 g/mol. The number of carbonyl (C=O) groups excluding carboxylic acids is 1. The maximum Gasteiger partial charge on any atom is 0.226 e. The Morgan fingerprint density at radius 2 is 2.04 bits per heavy atom. The predicted molar refractivity (Wildman–Crippen MR) is 90.9 cm³/mol. The molecule has 1 aromatic carbocycles. The zero-order chi connectivity index (χ0) is 16.4. The van der Waals surface area contributed by atoms with Crippen LogP contribution in [0.2, 0.25) is 0 Å². The summed E-state index contributed by atoms with van der Waals surface area (Å²) in [7, 11) is 0. The molecule has 1 spiro atoms. The van der Waals surface area contributed by atoms with Crippen molar-refractivity contribution in [2.45, 2.75) is 50.2 Å². The highest BCUT2D eigenvalue weighted by molar-refractivity contribution is 5.77. The van der Waals surface area contributed by atoms with Crippen LogP contribution in [0.3, 0.4) is 0 Å². The van der Waals surface area contributed by atoms with Crippen molar-refractivity contribution in [3.8, 4) is 0 Å². The molecule has 0 saturated carbocycles. The summed E-state index contributed by atoms with van der Waals surface area (Å²) in [5.74, 6) is 0.176. The summed E-state index contributed by atoms with van der Waals surface area (Å²) in [5, 5.41) is 10.8. The number of benzene rings is 1. The van der Waals surface area contributed by atoms with E-state index in [-0.39, 0.29) is 17.4 Å². The van der Waals surface area contributed by atoms with E-state index in [4.69, 9.17) is 5.73 Å². The van der Waals surface area contributed by atoms with Crippen LogP contribution in [-0.2, 0) is 10.2 Å². The molecule has 2 aliphatic rings. The van der Waals surface area contributed by atoms with E-state index >= 15 is 0 Å². The number of fused-ring (bicyclic) bond motifs is 2. The van der Waals surface area contributed by atoms with Gasteiger partial charge >= 0.3 is 0 Å². The third-order valence-corrected chi connectivity index (χ3v) is 5.47. The maximum absolute atomic E-state index is 12.3. The topological polar surface area (TPSA) is 66.6 Å². The second-order valence-electron chi connectivity index (χ2n) is 6.68. The van der Waals surface area contributed by atoms with Gasteiger partial charge in [0.05, 0.1) is 12.1 Å². The van der Waals surface area contributed by atoms with E-state index in [1.165, 1.54) is 5.56 Å². The molecule has 0 aromatic heterocycles. The minimum Gasteiger partial charge on any atom is -0.390 e. The molecule has 3 rings (SSSR count). The zero-order valence-electron chi connectivity index (χ0n) is 13.7. The molecular formula is C19H26N2O2. The van der Waals surface area contributed by atoms with Crippen LogP contribution < -0.4 is 5.73 Å². The van der Waals surface area contributed by atoms with Crippen molar-refractivity contribution in [2.24, 2.45) is 5.73 Å². The number of aliphatic hydroxyl groups is 1. The van der Waals surface area contributed by atoms with Crippen LogP contribution in [0.15, 0.2) is 36.4 Å². The fourth-order valence-electron chi connectivity index (χ4n) is 4.11. The first-order valence-corrected chi connectivity index (χ1v) is 8.56. The third kappa shape index (κ3) is 2.70. The molecule has 4 heteroatoms. The van der Waals surface area contributed by atoms with E-state index in [1.807, 2.05) is 35.3 Å². The van der Waals surface area contributed by atoms with E-state index in [0.717, 1.165) is 24.8 Å². The van der Waals surface area contributed by atoms with Gasteiger partial charge in [0.15, 0.2) is 0 Å². The SMILES string of the molecule is CC/C=C/CC(=O)N1CCC2(CC1)c1ccccc1[C@@H](N)[C@@H]2O. The second kappa shape index (κ2) is 6.46. The number of aliphatic hydroxyl groups excluding tert-OH is 1. The van der Waals surface area contributed by atoms with Crippen LogP contribution in [-0.4, -0.2) is 35.1 Å². The van der Waals surface area contributed by atoms with Crippen molar-refractivity contribution >= 4 is 5.91 Å². The molecule has 2 atom stereocenters. The fraction of sp³-hybridized carbons (Fsp3) is 0.526. The zero-order valence-corrected chi connectivity index (χ0v) is 13.7. The highest BCUT2D eigenvalue weighted by Gasteiger charge is 2.51. The molecule has 23 heavy (non-hydrogen) atoms. The molecule has 0 unspecified atom stereocenters. The van der Waals surface area contributed by atoms with Gasteiger partial charge in [-0.15, -0.1) is 0 Å². The molecule has 0 radical (unpaired) electrons. The van der Waals surface area contributed by atoms with Crippen LogP contribution in [0.4, 0.5) is 0 Å². The normalized spacial score (nSPS) is 26.0. The Hall–Kier alpha value is -1.65. The highest BCUT2D eigenvalue weighted by atomic mass is 16.3. The van der Waals surface area contributed by atoms with E-state index in [9.17, 15) is 9.90 Å². The average molecular weight is 314 g/mol. The summed E-state index contributed by atoms with van der Waals surface area (Å²) in [4.78, 5) is 14.2. The van der Waals surface area contributed by atoms with Crippen LogP contribution in [0.5, 0.6) is 0 Å². The van der Waals surface area contributed by atoms with Gasteiger partial charge < -0.3 is 15.7 Å². The first-order chi connectivity index (χ1) is 11.1. The van der Waals surface area contributed by atoms with Gasteiger partial charge in [-0.2, -0.15) is 0 Å². The molecule has 1 aromatic rings. The molecule has 0 bridgehead atoms. The molecule has 3 N–H and O–H groups in total. The van der Waals surface area contributed by atoms with E-state index in [1.54, 1.807) is 0 Å². The largest absolute Gasteiger partial charge is 0.390 e. The first kappa shape index (κ1) is 16.2. The Kier molecular flexibility index (Phi) is 4.55. The number of nitrogens with zero attached hydrogens (tertiary/aromatic N) is 1. The molecule has 1 fully saturated rings. The highest BCUT2D eigenvalue weighted by Crippen LogP contribution is 2.49. The molecule has 1 amide bonds. The summed E-state index contributed by atoms with van der Waals surface area (Å²) in [6, 6.07) is 7.78. The van der Waals surface area contributed by atoms with Crippen LogP contribution in [0, 0.1) is 0 Å². The number of carbonyl (C=O) groups is 1. The third-order valence-electron chi connectivity index (χ3n) is 5.47. The number of hydrogen-bond donors (Lipinski definition) is 2. The number of piperidine rings is 1. The van der Waals surface area contributed by atoms with Gasteiger partial charge in [-0.25, -0.2) is 0 Å². The van der Waals surface area contributed by atoms with E-state index in [2.05, 4.69) is 13.0 Å². The predicted octanol–water partition coefficient (Wildman–Crippen LogP) is 2.28. The van der Waals surface area contributed by atoms with E-state index in [0.29, 0.717) is 19.5 Å². The van der Waals surface area contributed by atoms with Crippen molar-refractivity contribution in [3.63, 3.8) is 0 Å². The van der Waals surface area contributed by atoms with Crippen molar-refractivity contribution in [1.29, 1.82) is 0 Å². The summed E-state index contributed by atoms with van der Waals surface area (Å²) >= 11 is 0. The quantitative estimate of drug-likeness (QED) is 0.841. The lowest BCUT2D eigenvalue weighted by Crippen LogP contribution is -2.50. The number of nitrogens with two attached hydrogens (primary N) is 1. The van der Waals surface area contributed by atoms with Gasteiger partial charge in [-0.3, -0.25) is 4.79 Å². The van der Waals surface area contributed by atoms with Gasteiger partial charge in [0.2, 0.25) is 5.91 Å². The fourth-order valence-corrected chi connectivity index (χ4v) is 4.11. The smallest absolute Gasteiger partial charge is 0.226 e. The molecule has 1 saturated heterocycles. The molecule has 124 valence electrons. The van der Waals surface area contributed by atoms with Crippen molar-refractivity contribution in [1.82, 2.24) is 4.90 Å². The van der Waals surface area contributed by atoms with E-state index < -0.39 is 6.10 Å². The van der Waals surface area contributed by atoms with Gasteiger partial charge in [0, 0.05) is 24.9 Å². The van der Waals surface area contributed by atoms with Gasteiger partial charge in [-0.05, 0) is 30.4 Å². The summed E-state index contributed by atoms with van der Waals surface area (Å²) < 4.78 is 0. The Labute approximate surface area is 138 Å². The monoisotopic (exact) mass is 314 g/mol. The van der Waals surface area contributed by atoms with Gasteiger partial charge in [0.25, 0.3) is 0 Å². The molecule has 1 heterocycles. The van der Waals surface area contributed by atoms with Crippen molar-refractivity contribution in [2.75, 3.05) is 13.1 Å². The second-order valence-corrected chi connectivity index (χ2v) is 6.68. The van der Waals surface area contributed by atoms with Crippen LogP contribution in [0.1, 0.15) is 49.8 Å². The number of amides is 1. The standard InChI is InChI=1S/C19H26N2O2/c1-2-3-4-9-16(22)21-12-10-19(11-13-21)15-8-6-5-7-14(15)17(20)18(19)23/h3-8,17-18,23H,2,9-13,20H2,1H3/b4-3+/t17-,18+/m1/s1. The van der Waals surface area contributed by atoms with Gasteiger partial charge in [-0.1, -0.05) is 43.3 Å². The summed E-state index contributed by atoms with van der Waals surface area (Å²) in [6.07, 6.45) is 6.40. The van der Waals surface area contributed by atoms with Crippen molar-refractivity contribution in [3.05, 3.63) is 47.5 Å². The number of allylic oxidation sites excluding steroid dienone is 1. The number of likely N-dealkylation sites (tertiary alicyclic amines) is 1. The number of hydrogen-bond acceptors (Lipinski definition) is 3. The molecule has 4 nitrogen and oxygen atoms in total. The minimum atomic E-state index is -0.558. The minimum absolute atomic E-state index is 0.176. The number of rotatable bonds is 3. The maximum atomic E-state index is 12.3. The Morgan fingerprint density at radius 1 is 1.35 bits per heavy atom. The summed E-state index contributed by atoms with van der Waals surface area (Å²) in [6.45, 7) is 3.45. The van der Waals surface area contributed by atoms with Crippen molar-refractivity contribution < 1.29 is 9.90 Å². The average Bonchev–Trinajstić information content (AvgIpc) is 2.79. The Balaban J connectivity index is 1.73. The Morgan fingerprint density at radius 3 is 2.74 bits per heavy atom. The summed E-state index contributed by atoms with van der Waals surface area (Å²) in [5.41, 5.74) is 8.19. The van der Waals surface area contributed by atoms with Crippen LogP contribution >= 0.6 is 0 Å². The Bertz CT molecular complexity index is 603. The lowest BCUT2D eigenvalue weighted by Gasteiger charge is -2.42. The molecule has 1 aliphatic heterocycles. The lowest BCUT2D eigenvalue weighted by molar-refractivity contribution is -0.132. The molecule has 1 aliphatic carbocycles. The van der Waals surface area contributed by atoms with Crippen LogP contribution in [0.25, 0.3) is 0 Å². The van der Waals surface area contributed by atoms with Gasteiger partial charge in [0.1, 0.15) is 0 Å². The first-order valence-electron chi connectivity index (χ1n) is 8.56. The lowest BCUT2D eigenvalue weighted by atomic mass is 9.72.